The molecule has 1 amide bonds. The average molecular weight is 511 g/mol. The molecule has 0 unspecified atom stereocenters. The van der Waals surface area contributed by atoms with Gasteiger partial charge < -0.3 is 19.6 Å². The minimum absolute atomic E-state index is 0.0265. The largest absolute Gasteiger partial charge is 0.457 e. The lowest BCUT2D eigenvalue weighted by Gasteiger charge is -2.53. The van der Waals surface area contributed by atoms with Gasteiger partial charge in [-0.1, -0.05) is 61.4 Å². The first-order valence-corrected chi connectivity index (χ1v) is 14.3. The van der Waals surface area contributed by atoms with Crippen LogP contribution >= 0.6 is 0 Å². The van der Waals surface area contributed by atoms with E-state index in [1.54, 1.807) is 0 Å². The lowest BCUT2D eigenvalue weighted by atomic mass is 9.65. The van der Waals surface area contributed by atoms with Crippen molar-refractivity contribution in [1.82, 2.24) is 4.90 Å². The number of aliphatic hydroxyl groups is 1. The van der Waals surface area contributed by atoms with E-state index in [2.05, 4.69) is 47.9 Å². The van der Waals surface area contributed by atoms with Crippen molar-refractivity contribution in [2.75, 3.05) is 24.5 Å². The number of fused-ring (bicyclic) bond motifs is 3. The van der Waals surface area contributed by atoms with Crippen LogP contribution in [-0.4, -0.2) is 41.1 Å². The van der Waals surface area contributed by atoms with Crippen molar-refractivity contribution in [3.63, 3.8) is 0 Å². The Morgan fingerprint density at radius 2 is 1.55 bits per heavy atom. The molecule has 1 saturated heterocycles. The van der Waals surface area contributed by atoms with Crippen molar-refractivity contribution < 1.29 is 14.6 Å². The number of likely N-dealkylation sites (tertiary alicyclic amines) is 1. The van der Waals surface area contributed by atoms with Gasteiger partial charge in [-0.15, -0.1) is 0 Å². The predicted molar refractivity (Wildman–Crippen MR) is 151 cm³/mol. The maximum Gasteiger partial charge on any atom is 0.235 e. The molecule has 38 heavy (non-hydrogen) atoms. The molecule has 0 radical (unpaired) electrons. The van der Waals surface area contributed by atoms with Crippen LogP contribution in [0.2, 0.25) is 0 Å². The molecular weight excluding hydrogens is 472 g/mol. The summed E-state index contributed by atoms with van der Waals surface area (Å²) in [6, 6.07) is 24.4. The van der Waals surface area contributed by atoms with Crippen LogP contribution in [0.3, 0.4) is 0 Å². The normalized spacial score (nSPS) is 24.6. The molecule has 2 fully saturated rings. The van der Waals surface area contributed by atoms with E-state index >= 15 is 0 Å². The number of hydrogen-bond donors (Lipinski definition) is 1. The highest BCUT2D eigenvalue weighted by Crippen LogP contribution is 2.52. The van der Waals surface area contributed by atoms with Crippen molar-refractivity contribution in [2.24, 2.45) is 5.92 Å². The molecule has 1 N–H and O–H groups in total. The number of benzene rings is 3. The molecule has 5 heteroatoms. The Labute approximate surface area is 226 Å². The Balaban J connectivity index is 1.42. The first-order chi connectivity index (χ1) is 18.5. The van der Waals surface area contributed by atoms with E-state index in [0.717, 1.165) is 67.0 Å². The van der Waals surface area contributed by atoms with Crippen molar-refractivity contribution >= 4 is 11.6 Å². The van der Waals surface area contributed by atoms with Crippen LogP contribution in [0.25, 0.3) is 0 Å². The molecule has 2 heterocycles. The number of carbonyl (C=O) groups excluding carboxylic acids is 1. The number of amides is 1. The molecule has 3 atom stereocenters. The summed E-state index contributed by atoms with van der Waals surface area (Å²) in [7, 11) is 0. The fraction of sp³-hybridized carbons (Fsp3) is 0.424. The zero-order valence-electron chi connectivity index (χ0n) is 22.5. The number of nitrogens with zero attached hydrogens (tertiary/aromatic N) is 2. The van der Waals surface area contributed by atoms with E-state index in [1.807, 2.05) is 48.5 Å². The molecule has 1 saturated carbocycles. The third-order valence-corrected chi connectivity index (χ3v) is 9.14. The molecule has 3 aromatic carbocycles. The van der Waals surface area contributed by atoms with Gasteiger partial charge in [0.2, 0.25) is 5.91 Å². The Kier molecular flexibility index (Phi) is 6.65. The molecule has 0 aromatic heterocycles. The van der Waals surface area contributed by atoms with E-state index in [0.29, 0.717) is 13.0 Å². The summed E-state index contributed by atoms with van der Waals surface area (Å²) < 4.78 is 6.20. The second-order valence-corrected chi connectivity index (χ2v) is 11.1. The molecule has 0 spiro atoms. The minimum Gasteiger partial charge on any atom is -0.457 e. The van der Waals surface area contributed by atoms with Crippen LogP contribution in [0, 0.1) is 5.92 Å². The zero-order chi connectivity index (χ0) is 26.3. The smallest absolute Gasteiger partial charge is 0.235 e. The van der Waals surface area contributed by atoms with Crippen LogP contribution in [0.5, 0.6) is 11.5 Å². The van der Waals surface area contributed by atoms with Crippen LogP contribution in [0.4, 0.5) is 5.69 Å². The van der Waals surface area contributed by atoms with Crippen molar-refractivity contribution in [3.05, 3.63) is 89.5 Å². The summed E-state index contributed by atoms with van der Waals surface area (Å²) >= 11 is 0. The topological polar surface area (TPSA) is 53.0 Å². The molecular formula is C33H38N2O3. The highest BCUT2D eigenvalue weighted by Gasteiger charge is 2.51. The van der Waals surface area contributed by atoms with Gasteiger partial charge in [0.25, 0.3) is 0 Å². The molecule has 6 rings (SSSR count). The van der Waals surface area contributed by atoms with Crippen LogP contribution in [0.1, 0.15) is 74.6 Å². The molecule has 198 valence electrons. The summed E-state index contributed by atoms with van der Waals surface area (Å²) in [6.07, 6.45) is 4.52. The van der Waals surface area contributed by atoms with Gasteiger partial charge in [-0.2, -0.15) is 0 Å². The zero-order valence-corrected chi connectivity index (χ0v) is 22.5. The molecule has 3 aromatic rings. The van der Waals surface area contributed by atoms with Crippen LogP contribution in [0.15, 0.2) is 72.8 Å². The summed E-state index contributed by atoms with van der Waals surface area (Å²) in [6.45, 7) is 6.80. The number of rotatable bonds is 5. The maximum atomic E-state index is 14.7. The number of anilines is 1. The predicted octanol–water partition coefficient (Wildman–Crippen LogP) is 6.67. The summed E-state index contributed by atoms with van der Waals surface area (Å²) in [5, 5.41) is 11.8. The van der Waals surface area contributed by atoms with Gasteiger partial charge in [-0.3, -0.25) is 4.79 Å². The SMILES string of the molecule is CCN(CC)c1ccc([C@H]2[C@H]3CCCC[C@]3(O)CCN2C(=O)C2c3ccccc3Oc3ccccc32)cc1. The van der Waals surface area contributed by atoms with Gasteiger partial charge in [0.15, 0.2) is 0 Å². The van der Waals surface area contributed by atoms with E-state index in [-0.39, 0.29) is 17.9 Å². The first kappa shape index (κ1) is 25.0. The van der Waals surface area contributed by atoms with Crippen molar-refractivity contribution in [1.29, 1.82) is 0 Å². The quantitative estimate of drug-likeness (QED) is 0.417. The molecule has 5 nitrogen and oxygen atoms in total. The number of para-hydroxylation sites is 2. The minimum atomic E-state index is -0.720. The number of carbonyl (C=O) groups is 1. The Bertz CT molecular complexity index is 1260. The van der Waals surface area contributed by atoms with Gasteiger partial charge in [0, 0.05) is 42.4 Å². The molecule has 0 bridgehead atoms. The molecule has 1 aliphatic carbocycles. The van der Waals surface area contributed by atoms with E-state index in [9.17, 15) is 9.90 Å². The summed E-state index contributed by atoms with van der Waals surface area (Å²) in [4.78, 5) is 19.1. The number of piperidine rings is 1. The van der Waals surface area contributed by atoms with Gasteiger partial charge in [0.05, 0.1) is 17.6 Å². The first-order valence-electron chi connectivity index (χ1n) is 14.3. The van der Waals surface area contributed by atoms with Crippen molar-refractivity contribution in [3.8, 4) is 11.5 Å². The average Bonchev–Trinajstić information content (AvgIpc) is 2.95. The summed E-state index contributed by atoms with van der Waals surface area (Å²) in [5.41, 5.74) is 3.42. The highest BCUT2D eigenvalue weighted by molar-refractivity contribution is 5.90. The standard InChI is InChI=1S/C33H38N2O3/c1-3-34(4-2)24-18-16-23(17-19-24)31-27-13-9-10-20-33(27,37)21-22-35(31)32(36)30-25-11-5-7-14-28(25)38-29-15-8-6-12-26(29)30/h5-8,11-12,14-19,27,30-31,37H,3-4,9-10,13,20-22H2,1-2H3/t27-,31+,33+/m1/s1. The third kappa shape index (κ3) is 4.17. The van der Waals surface area contributed by atoms with Gasteiger partial charge in [0.1, 0.15) is 11.5 Å². The maximum absolute atomic E-state index is 14.7. The molecule has 2 aliphatic heterocycles. The Morgan fingerprint density at radius 1 is 0.921 bits per heavy atom. The number of ether oxygens (including phenoxy) is 1. The second kappa shape index (κ2) is 10.1. The fourth-order valence-electron chi connectivity index (χ4n) is 7.15. The van der Waals surface area contributed by atoms with E-state index < -0.39 is 11.5 Å². The molecule has 3 aliphatic rings. The monoisotopic (exact) mass is 510 g/mol. The van der Waals surface area contributed by atoms with Gasteiger partial charge in [-0.25, -0.2) is 0 Å². The third-order valence-electron chi connectivity index (χ3n) is 9.14. The van der Waals surface area contributed by atoms with E-state index in [1.165, 1.54) is 5.69 Å². The fourth-order valence-corrected chi connectivity index (χ4v) is 7.15. The lowest BCUT2D eigenvalue weighted by Crippen LogP contribution is -2.57. The van der Waals surface area contributed by atoms with Crippen molar-refractivity contribution in [2.45, 2.75) is 63.5 Å². The van der Waals surface area contributed by atoms with Crippen LogP contribution < -0.4 is 9.64 Å². The second-order valence-electron chi connectivity index (χ2n) is 11.1. The highest BCUT2D eigenvalue weighted by atomic mass is 16.5. The van der Waals surface area contributed by atoms with Gasteiger partial charge in [-0.05, 0) is 62.9 Å². The van der Waals surface area contributed by atoms with E-state index in [4.69, 9.17) is 4.74 Å². The van der Waals surface area contributed by atoms with Crippen LogP contribution in [-0.2, 0) is 4.79 Å². The summed E-state index contributed by atoms with van der Waals surface area (Å²) in [5.74, 6) is 1.19. The van der Waals surface area contributed by atoms with Gasteiger partial charge >= 0.3 is 0 Å². The number of hydrogen-bond acceptors (Lipinski definition) is 4. The lowest BCUT2D eigenvalue weighted by molar-refractivity contribution is -0.156. The Hall–Kier alpha value is -3.31. The Morgan fingerprint density at radius 3 is 2.18 bits per heavy atom.